The number of nitrogens with zero attached hydrogens (tertiary/aromatic N) is 1. The SMILES string of the molecule is Cc1cccc(CNC(=O)C2CC(c3ccc(F)c(C)c3)CN(Cc3ccccc3)C2)c1. The average molecular weight is 431 g/mol. The lowest BCUT2D eigenvalue weighted by Crippen LogP contribution is -2.45. The molecule has 3 aromatic rings. The Hall–Kier alpha value is -2.98. The molecule has 1 amide bonds. The molecular formula is C28H31FN2O. The molecule has 166 valence electrons. The molecule has 3 nitrogen and oxygen atoms in total. The second-order valence-electron chi connectivity index (χ2n) is 9.02. The van der Waals surface area contributed by atoms with Gasteiger partial charge in [0.2, 0.25) is 5.91 Å². The molecule has 3 aromatic carbocycles. The lowest BCUT2D eigenvalue weighted by molar-refractivity contribution is -0.127. The highest BCUT2D eigenvalue weighted by atomic mass is 19.1. The van der Waals surface area contributed by atoms with E-state index in [0.717, 1.165) is 37.2 Å². The van der Waals surface area contributed by atoms with Crippen molar-refractivity contribution in [2.75, 3.05) is 13.1 Å². The molecule has 0 bridgehead atoms. The minimum atomic E-state index is -0.182. The van der Waals surface area contributed by atoms with E-state index in [0.29, 0.717) is 12.1 Å². The Balaban J connectivity index is 1.50. The summed E-state index contributed by atoms with van der Waals surface area (Å²) in [6.45, 7) is 6.79. The summed E-state index contributed by atoms with van der Waals surface area (Å²) >= 11 is 0. The minimum Gasteiger partial charge on any atom is -0.352 e. The highest BCUT2D eigenvalue weighted by Gasteiger charge is 2.32. The first-order chi connectivity index (χ1) is 15.5. The molecule has 32 heavy (non-hydrogen) atoms. The molecule has 4 rings (SSSR count). The van der Waals surface area contributed by atoms with Crippen LogP contribution in [0.15, 0.2) is 72.8 Å². The lowest BCUT2D eigenvalue weighted by atomic mass is 9.83. The first-order valence-electron chi connectivity index (χ1n) is 11.3. The zero-order chi connectivity index (χ0) is 22.5. The third-order valence-electron chi connectivity index (χ3n) is 6.35. The first kappa shape index (κ1) is 22.2. The summed E-state index contributed by atoms with van der Waals surface area (Å²) in [5.41, 5.74) is 5.31. The van der Waals surface area contributed by atoms with Gasteiger partial charge in [-0.3, -0.25) is 9.69 Å². The molecule has 0 saturated carbocycles. The second-order valence-corrected chi connectivity index (χ2v) is 9.02. The van der Waals surface area contributed by atoms with Crippen LogP contribution in [0.5, 0.6) is 0 Å². The number of rotatable bonds is 6. The third-order valence-corrected chi connectivity index (χ3v) is 6.35. The summed E-state index contributed by atoms with van der Waals surface area (Å²) in [6.07, 6.45) is 0.774. The number of halogens is 1. The van der Waals surface area contributed by atoms with Crippen LogP contribution < -0.4 is 5.32 Å². The molecule has 1 aliphatic heterocycles. The van der Waals surface area contributed by atoms with Crippen LogP contribution in [-0.2, 0) is 17.9 Å². The maximum absolute atomic E-state index is 13.9. The molecule has 0 spiro atoms. The van der Waals surface area contributed by atoms with Crippen LogP contribution in [0.2, 0.25) is 0 Å². The summed E-state index contributed by atoms with van der Waals surface area (Å²) < 4.78 is 13.9. The molecule has 2 atom stereocenters. The number of amides is 1. The number of aryl methyl sites for hydroxylation is 2. The molecule has 0 radical (unpaired) electrons. The van der Waals surface area contributed by atoms with Gasteiger partial charge in [0.25, 0.3) is 0 Å². The van der Waals surface area contributed by atoms with Crippen molar-refractivity contribution in [3.63, 3.8) is 0 Å². The van der Waals surface area contributed by atoms with Gasteiger partial charge in [-0.15, -0.1) is 0 Å². The first-order valence-corrected chi connectivity index (χ1v) is 11.3. The van der Waals surface area contributed by atoms with Crippen LogP contribution in [0.4, 0.5) is 4.39 Å². The molecule has 1 heterocycles. The van der Waals surface area contributed by atoms with Crippen LogP contribution in [-0.4, -0.2) is 23.9 Å². The number of nitrogens with one attached hydrogen (secondary N) is 1. The van der Waals surface area contributed by atoms with E-state index in [1.807, 2.05) is 42.5 Å². The van der Waals surface area contributed by atoms with Gasteiger partial charge >= 0.3 is 0 Å². The Morgan fingerprint density at radius 1 is 0.969 bits per heavy atom. The van der Waals surface area contributed by atoms with Crippen LogP contribution in [0.1, 0.15) is 40.2 Å². The van der Waals surface area contributed by atoms with Crippen LogP contribution >= 0.6 is 0 Å². The van der Waals surface area contributed by atoms with Gasteiger partial charge in [0.1, 0.15) is 5.82 Å². The Kier molecular flexibility index (Phi) is 7.01. The standard InChI is InChI=1S/C28H31FN2O/c1-20-7-6-10-23(13-20)16-30-28(32)26-15-25(24-11-12-27(29)21(2)14-24)18-31(19-26)17-22-8-4-3-5-9-22/h3-14,25-26H,15-19H2,1-2H3,(H,30,32). The van der Waals surface area contributed by atoms with Crippen molar-refractivity contribution in [1.82, 2.24) is 10.2 Å². The Morgan fingerprint density at radius 3 is 2.50 bits per heavy atom. The molecule has 1 N–H and O–H groups in total. The summed E-state index contributed by atoms with van der Waals surface area (Å²) in [7, 11) is 0. The highest BCUT2D eigenvalue weighted by Crippen LogP contribution is 2.32. The molecule has 1 saturated heterocycles. The van der Waals surface area contributed by atoms with Gasteiger partial charge < -0.3 is 5.32 Å². The molecule has 0 aromatic heterocycles. The number of carbonyl (C=O) groups is 1. The summed E-state index contributed by atoms with van der Waals surface area (Å²) in [5, 5.41) is 3.15. The average Bonchev–Trinajstić information content (AvgIpc) is 2.80. The number of benzene rings is 3. The Labute approximate surface area is 190 Å². The fraction of sp³-hybridized carbons (Fsp3) is 0.321. The van der Waals surface area contributed by atoms with E-state index in [1.54, 1.807) is 13.0 Å². The maximum Gasteiger partial charge on any atom is 0.224 e. The van der Waals surface area contributed by atoms with Crippen molar-refractivity contribution >= 4 is 5.91 Å². The van der Waals surface area contributed by atoms with E-state index in [-0.39, 0.29) is 23.6 Å². The molecular weight excluding hydrogens is 399 g/mol. The monoisotopic (exact) mass is 430 g/mol. The molecule has 1 fully saturated rings. The summed E-state index contributed by atoms with van der Waals surface area (Å²) in [6, 6.07) is 23.9. The number of hydrogen-bond donors (Lipinski definition) is 1. The number of piperidine rings is 1. The smallest absolute Gasteiger partial charge is 0.224 e. The van der Waals surface area contributed by atoms with E-state index in [9.17, 15) is 9.18 Å². The van der Waals surface area contributed by atoms with Crippen molar-refractivity contribution in [3.8, 4) is 0 Å². The summed E-state index contributed by atoms with van der Waals surface area (Å²) in [4.78, 5) is 15.5. The van der Waals surface area contributed by atoms with Crippen LogP contribution in [0.25, 0.3) is 0 Å². The van der Waals surface area contributed by atoms with Gasteiger partial charge in [-0.1, -0.05) is 72.3 Å². The predicted molar refractivity (Wildman–Crippen MR) is 127 cm³/mol. The van der Waals surface area contributed by atoms with Gasteiger partial charge in [0, 0.05) is 26.2 Å². The van der Waals surface area contributed by atoms with E-state index < -0.39 is 0 Å². The largest absolute Gasteiger partial charge is 0.352 e. The van der Waals surface area contributed by atoms with Gasteiger partial charge in [0.15, 0.2) is 0 Å². The fourth-order valence-electron chi connectivity index (χ4n) is 4.67. The Morgan fingerprint density at radius 2 is 1.75 bits per heavy atom. The van der Waals surface area contributed by atoms with Crippen molar-refractivity contribution in [2.45, 2.75) is 39.3 Å². The van der Waals surface area contributed by atoms with E-state index in [2.05, 4.69) is 41.4 Å². The van der Waals surface area contributed by atoms with Gasteiger partial charge in [-0.05, 0) is 54.5 Å². The quantitative estimate of drug-likeness (QED) is 0.571. The van der Waals surface area contributed by atoms with Gasteiger partial charge in [-0.2, -0.15) is 0 Å². The zero-order valence-electron chi connectivity index (χ0n) is 18.9. The molecule has 1 aliphatic rings. The highest BCUT2D eigenvalue weighted by molar-refractivity contribution is 5.79. The fourth-order valence-corrected chi connectivity index (χ4v) is 4.67. The predicted octanol–water partition coefficient (Wildman–Crippen LogP) is 5.36. The number of likely N-dealkylation sites (tertiary alicyclic amines) is 1. The zero-order valence-corrected chi connectivity index (χ0v) is 18.9. The van der Waals surface area contributed by atoms with Crippen molar-refractivity contribution in [1.29, 1.82) is 0 Å². The van der Waals surface area contributed by atoms with E-state index in [1.165, 1.54) is 11.1 Å². The van der Waals surface area contributed by atoms with Crippen LogP contribution in [0.3, 0.4) is 0 Å². The Bertz CT molecular complexity index is 1070. The van der Waals surface area contributed by atoms with Gasteiger partial charge in [0.05, 0.1) is 5.92 Å². The maximum atomic E-state index is 13.9. The van der Waals surface area contributed by atoms with Crippen molar-refractivity contribution in [3.05, 3.63) is 106 Å². The molecule has 0 aliphatic carbocycles. The van der Waals surface area contributed by atoms with Crippen molar-refractivity contribution in [2.24, 2.45) is 5.92 Å². The molecule has 4 heteroatoms. The lowest BCUT2D eigenvalue weighted by Gasteiger charge is -2.37. The number of carbonyl (C=O) groups excluding carboxylic acids is 1. The third kappa shape index (κ3) is 5.63. The molecule has 2 unspecified atom stereocenters. The topological polar surface area (TPSA) is 32.3 Å². The number of hydrogen-bond acceptors (Lipinski definition) is 2. The second kappa shape index (κ2) is 10.1. The van der Waals surface area contributed by atoms with Crippen LogP contribution in [0, 0.1) is 25.6 Å². The minimum absolute atomic E-state index is 0.0908. The van der Waals surface area contributed by atoms with Gasteiger partial charge in [-0.25, -0.2) is 4.39 Å². The normalized spacial score (nSPS) is 19.0. The van der Waals surface area contributed by atoms with E-state index >= 15 is 0 Å². The van der Waals surface area contributed by atoms with E-state index in [4.69, 9.17) is 0 Å². The van der Waals surface area contributed by atoms with Crippen molar-refractivity contribution < 1.29 is 9.18 Å². The summed E-state index contributed by atoms with van der Waals surface area (Å²) in [5.74, 6) is 0.000336.